The summed E-state index contributed by atoms with van der Waals surface area (Å²) in [6.07, 6.45) is 2.74. The molecule has 0 aromatic heterocycles. The van der Waals surface area contributed by atoms with Gasteiger partial charge in [-0.2, -0.15) is 5.26 Å². The van der Waals surface area contributed by atoms with Crippen LogP contribution in [0.2, 0.25) is 0 Å². The highest BCUT2D eigenvalue weighted by Crippen LogP contribution is 2.33. The van der Waals surface area contributed by atoms with Gasteiger partial charge in [0.2, 0.25) is 5.85 Å². The van der Waals surface area contributed by atoms with E-state index in [1.165, 1.54) is 19.3 Å². The quantitative estimate of drug-likeness (QED) is 0.696. The maximum atomic E-state index is 13.8. The van der Waals surface area contributed by atoms with Crippen LogP contribution in [0.1, 0.15) is 6.42 Å². The van der Waals surface area contributed by atoms with E-state index < -0.39 is 12.5 Å². The molecule has 4 heteroatoms. The first-order valence-corrected chi connectivity index (χ1v) is 3.81. The summed E-state index contributed by atoms with van der Waals surface area (Å²) in [4.78, 5) is 0. The molecule has 1 atom stereocenters. The zero-order valence-corrected chi connectivity index (χ0v) is 7.25. The summed E-state index contributed by atoms with van der Waals surface area (Å²) >= 11 is 0. The van der Waals surface area contributed by atoms with E-state index in [1.54, 1.807) is 0 Å². The Labute approximate surface area is 75.7 Å². The number of aliphatic hydroxyl groups excluding tert-OH is 1. The molecule has 1 rings (SSSR count). The average Bonchev–Trinajstić information content (AvgIpc) is 2.17. The van der Waals surface area contributed by atoms with Gasteiger partial charge < -0.3 is 9.84 Å². The smallest absolute Gasteiger partial charge is 0.238 e. The van der Waals surface area contributed by atoms with Crippen LogP contribution in [0.25, 0.3) is 0 Å². The summed E-state index contributed by atoms with van der Waals surface area (Å²) < 4.78 is 18.4. The van der Waals surface area contributed by atoms with Gasteiger partial charge >= 0.3 is 0 Å². The minimum Gasteiger partial charge on any atom is -0.392 e. The molecule has 0 spiro atoms. The Morgan fingerprint density at radius 2 is 2.46 bits per heavy atom. The summed E-state index contributed by atoms with van der Waals surface area (Å²) in [6, 6.07) is 1.85. The van der Waals surface area contributed by atoms with Crippen molar-refractivity contribution in [2.75, 3.05) is 13.7 Å². The number of ether oxygens (including phenoxy) is 1. The van der Waals surface area contributed by atoms with Crippen LogP contribution in [-0.2, 0) is 4.74 Å². The zero-order chi connectivity index (χ0) is 9.90. The number of rotatable bonds is 2. The molecule has 0 aromatic rings. The molecule has 0 saturated heterocycles. The van der Waals surface area contributed by atoms with Crippen molar-refractivity contribution in [2.45, 2.75) is 12.3 Å². The van der Waals surface area contributed by atoms with Gasteiger partial charge in [-0.3, -0.25) is 0 Å². The summed E-state index contributed by atoms with van der Waals surface area (Å²) in [5.41, 5.74) is 0.454. The average molecular weight is 183 g/mol. The first-order valence-electron chi connectivity index (χ1n) is 3.81. The molecular weight excluding hydrogens is 173 g/mol. The second-order valence-corrected chi connectivity index (χ2v) is 2.76. The molecule has 70 valence electrons. The van der Waals surface area contributed by atoms with Crippen LogP contribution in [0.3, 0.4) is 0 Å². The van der Waals surface area contributed by atoms with Crippen molar-refractivity contribution in [3.8, 4) is 6.07 Å². The number of halogens is 1. The van der Waals surface area contributed by atoms with Gasteiger partial charge in [0, 0.05) is 24.7 Å². The number of methoxy groups -OCH3 is 1. The lowest BCUT2D eigenvalue weighted by Crippen LogP contribution is -2.32. The van der Waals surface area contributed by atoms with Gasteiger partial charge in [-0.05, 0) is 6.08 Å². The van der Waals surface area contributed by atoms with Crippen molar-refractivity contribution < 1.29 is 14.2 Å². The summed E-state index contributed by atoms with van der Waals surface area (Å²) in [6.45, 7) is -0.403. The Bertz CT molecular complexity index is 303. The van der Waals surface area contributed by atoms with Gasteiger partial charge in [0.25, 0.3) is 0 Å². The van der Waals surface area contributed by atoms with E-state index >= 15 is 0 Å². The third-order valence-corrected chi connectivity index (χ3v) is 2.02. The van der Waals surface area contributed by atoms with E-state index in [0.717, 1.165) is 0 Å². The lowest BCUT2D eigenvalue weighted by atomic mass is 9.94. The Hall–Kier alpha value is -1.18. The molecule has 0 saturated carbocycles. The van der Waals surface area contributed by atoms with Gasteiger partial charge in [-0.25, -0.2) is 4.39 Å². The Morgan fingerprint density at radius 3 is 2.92 bits per heavy atom. The second kappa shape index (κ2) is 3.69. The highest BCUT2D eigenvalue weighted by atomic mass is 19.2. The minimum absolute atomic E-state index is 0.133. The molecule has 1 N–H and O–H groups in total. The van der Waals surface area contributed by atoms with Gasteiger partial charge in [-0.1, -0.05) is 6.08 Å². The van der Waals surface area contributed by atoms with Crippen LogP contribution in [0, 0.1) is 11.3 Å². The maximum absolute atomic E-state index is 13.8. The van der Waals surface area contributed by atoms with Gasteiger partial charge in [0.1, 0.15) is 0 Å². The number of aliphatic hydroxyl groups is 1. The Morgan fingerprint density at radius 1 is 1.77 bits per heavy atom. The van der Waals surface area contributed by atoms with E-state index in [0.29, 0.717) is 5.57 Å². The Balaban J connectivity index is 2.98. The molecule has 0 radical (unpaired) electrons. The largest absolute Gasteiger partial charge is 0.392 e. The number of hydrogen-bond donors (Lipinski definition) is 1. The number of allylic oxidation sites excluding steroid dienone is 2. The summed E-state index contributed by atoms with van der Waals surface area (Å²) in [5, 5.41) is 17.4. The molecule has 0 amide bonds. The fourth-order valence-corrected chi connectivity index (χ4v) is 1.19. The maximum Gasteiger partial charge on any atom is 0.238 e. The lowest BCUT2D eigenvalue weighted by molar-refractivity contribution is -0.0935. The van der Waals surface area contributed by atoms with Crippen molar-refractivity contribution >= 4 is 0 Å². The van der Waals surface area contributed by atoms with Crippen LogP contribution in [0.15, 0.2) is 23.3 Å². The van der Waals surface area contributed by atoms with Crippen LogP contribution >= 0.6 is 0 Å². The van der Waals surface area contributed by atoms with Crippen LogP contribution in [0.5, 0.6) is 0 Å². The van der Waals surface area contributed by atoms with Crippen molar-refractivity contribution in [3.63, 3.8) is 0 Å². The predicted octanol–water partition coefficient (Wildman–Crippen LogP) is 1.07. The molecule has 3 nitrogen and oxygen atoms in total. The Kier molecular flexibility index (Phi) is 2.81. The molecular formula is C9H10FNO2. The minimum atomic E-state index is -2.02. The third-order valence-electron chi connectivity index (χ3n) is 2.02. The molecule has 0 heterocycles. The topological polar surface area (TPSA) is 53.2 Å². The van der Waals surface area contributed by atoms with E-state index in [1.807, 2.05) is 6.07 Å². The van der Waals surface area contributed by atoms with Crippen LogP contribution in [-0.4, -0.2) is 24.7 Å². The fourth-order valence-electron chi connectivity index (χ4n) is 1.19. The van der Waals surface area contributed by atoms with E-state index in [4.69, 9.17) is 10.4 Å². The molecule has 1 aliphatic rings. The molecule has 0 aromatic carbocycles. The molecule has 1 aliphatic carbocycles. The zero-order valence-electron chi connectivity index (χ0n) is 7.25. The first-order chi connectivity index (χ1) is 6.16. The number of alkyl halides is 1. The van der Waals surface area contributed by atoms with Gasteiger partial charge in [0.05, 0.1) is 12.7 Å². The standard InChI is InChI=1S/C9H10FNO2/c1-13-9(10)4-7(5-11)2-3-8(9)6-12/h2-3,12H,4,6H2,1H3. The normalized spacial score (nSPS) is 27.5. The second-order valence-electron chi connectivity index (χ2n) is 2.76. The monoisotopic (exact) mass is 183 g/mol. The molecule has 0 bridgehead atoms. The van der Waals surface area contributed by atoms with Crippen LogP contribution in [0.4, 0.5) is 4.39 Å². The van der Waals surface area contributed by atoms with Gasteiger partial charge in [0.15, 0.2) is 0 Å². The number of nitriles is 1. The molecule has 0 fully saturated rings. The lowest BCUT2D eigenvalue weighted by Gasteiger charge is -2.27. The first kappa shape index (κ1) is 9.90. The van der Waals surface area contributed by atoms with Crippen molar-refractivity contribution in [3.05, 3.63) is 23.3 Å². The molecule has 0 aliphatic heterocycles. The summed E-state index contributed by atoms with van der Waals surface area (Å²) in [5.74, 6) is -2.02. The van der Waals surface area contributed by atoms with Crippen molar-refractivity contribution in [1.82, 2.24) is 0 Å². The fraction of sp³-hybridized carbons (Fsp3) is 0.444. The molecule has 1 unspecified atom stereocenters. The van der Waals surface area contributed by atoms with Crippen molar-refractivity contribution in [2.24, 2.45) is 0 Å². The molecule has 13 heavy (non-hydrogen) atoms. The predicted molar refractivity (Wildman–Crippen MR) is 44.3 cm³/mol. The van der Waals surface area contributed by atoms with Gasteiger partial charge in [-0.15, -0.1) is 0 Å². The van der Waals surface area contributed by atoms with Crippen LogP contribution < -0.4 is 0 Å². The SMILES string of the molecule is COC1(F)CC(C#N)=CC=C1CO. The number of hydrogen-bond acceptors (Lipinski definition) is 3. The van der Waals surface area contributed by atoms with Crippen molar-refractivity contribution in [1.29, 1.82) is 5.26 Å². The van der Waals surface area contributed by atoms with E-state index in [-0.39, 0.29) is 12.0 Å². The highest BCUT2D eigenvalue weighted by Gasteiger charge is 2.36. The van der Waals surface area contributed by atoms with E-state index in [9.17, 15) is 4.39 Å². The third kappa shape index (κ3) is 1.77. The highest BCUT2D eigenvalue weighted by molar-refractivity contribution is 5.37. The summed E-state index contributed by atoms with van der Waals surface area (Å²) in [7, 11) is 1.21. The number of nitrogens with zero attached hydrogens (tertiary/aromatic N) is 1. The van der Waals surface area contributed by atoms with E-state index in [2.05, 4.69) is 4.74 Å².